The van der Waals surface area contributed by atoms with Gasteiger partial charge in [0.25, 0.3) is 0 Å². The molecule has 38 heteroatoms. The molecular weight excluding hydrogens is 1140 g/mol. The van der Waals surface area contributed by atoms with Crippen molar-refractivity contribution >= 4 is 43.6 Å². The Labute approximate surface area is 378 Å². The highest BCUT2D eigenvalue weighted by atomic mass is 19.4. The fraction of sp³-hybridized carbons (Fsp3) is 0.444. The summed E-state index contributed by atoms with van der Waals surface area (Å²) in [5.41, 5.74) is -13.4. The Bertz CT molecular complexity index is 2960. The topological polar surface area (TPSA) is 65.7 Å². The summed E-state index contributed by atoms with van der Waals surface area (Å²) < 4.78 is 472. The van der Waals surface area contributed by atoms with E-state index in [4.69, 9.17) is 0 Å². The highest BCUT2D eigenvalue weighted by molar-refractivity contribution is 6.03. The predicted molar refractivity (Wildman–Crippen MR) is 177 cm³/mol. The number of benzene rings is 3. The number of H-pyrrole nitrogens is 2. The Balaban J connectivity index is 1.61. The lowest BCUT2D eigenvalue weighted by Crippen LogP contribution is -2.74. The number of aromatic nitrogens is 2. The molecule has 0 saturated heterocycles. The molecule has 0 radical (unpaired) electrons. The maximum Gasteiger partial charge on any atom is 0.460 e. The van der Waals surface area contributed by atoms with Crippen molar-refractivity contribution in [2.45, 2.75) is 95.3 Å². The third kappa shape index (κ3) is 7.17. The quantitative estimate of drug-likeness (QED) is 0.0860. The lowest BCUT2D eigenvalue weighted by atomic mass is 9.87. The first-order chi connectivity index (χ1) is 32.4. The highest BCUT2D eigenvalue weighted by Gasteiger charge is 2.97. The first-order valence-electron chi connectivity index (χ1n) is 18.0. The van der Waals surface area contributed by atoms with Crippen molar-refractivity contribution in [1.82, 2.24) is 9.97 Å². The fourth-order valence-corrected chi connectivity index (χ4v) is 6.53. The van der Waals surface area contributed by atoms with E-state index in [0.29, 0.717) is 12.1 Å². The van der Waals surface area contributed by atoms with E-state index in [1.165, 1.54) is 0 Å². The number of hydrogen-bond donors (Lipinski definition) is 2. The minimum atomic E-state index is -8.98. The molecule has 0 amide bonds. The molecule has 0 bridgehead atoms. The van der Waals surface area contributed by atoms with E-state index in [1.54, 1.807) is 0 Å². The van der Waals surface area contributed by atoms with Crippen molar-refractivity contribution < 1.29 is 149 Å². The lowest BCUT2D eigenvalue weighted by molar-refractivity contribution is -0.462. The molecule has 2 heterocycles. The zero-order valence-corrected chi connectivity index (χ0v) is 33.3. The van der Waals surface area contributed by atoms with E-state index < -0.39 is 185 Å². The van der Waals surface area contributed by atoms with Crippen LogP contribution in [-0.2, 0) is 11.8 Å². The highest BCUT2D eigenvalue weighted by Crippen LogP contribution is 2.67. The normalized spacial score (nSPS) is 15.8. The van der Waals surface area contributed by atoms with Gasteiger partial charge in [-0.25, -0.2) is 0 Å². The van der Waals surface area contributed by atoms with Crippen LogP contribution in [0.1, 0.15) is 11.1 Å². The van der Waals surface area contributed by atoms with Gasteiger partial charge in [-0.15, -0.1) is 0 Å². The maximum atomic E-state index is 15.1. The van der Waals surface area contributed by atoms with Crippen LogP contribution in [0.5, 0.6) is 0 Å². The molecule has 74 heavy (non-hydrogen) atoms. The first-order valence-corrected chi connectivity index (χ1v) is 18.0. The monoisotopic (exact) mass is 1150 g/mol. The van der Waals surface area contributed by atoms with E-state index in [0.717, 1.165) is 0 Å². The smallest absolute Gasteiger partial charge is 0.354 e. The Kier molecular flexibility index (Phi) is 12.7. The second kappa shape index (κ2) is 15.9. The van der Waals surface area contributed by atoms with Gasteiger partial charge in [0, 0.05) is 43.7 Å². The predicted octanol–water partition coefficient (Wildman–Crippen LogP) is 14.6. The number of hydrogen-bond acceptors (Lipinski definition) is 2. The lowest BCUT2D eigenvalue weighted by Gasteiger charge is -2.42. The van der Waals surface area contributed by atoms with Crippen LogP contribution in [0.25, 0.3) is 43.6 Å². The van der Waals surface area contributed by atoms with Gasteiger partial charge < -0.3 is 9.97 Å². The minimum absolute atomic E-state index is 0.0973. The summed E-state index contributed by atoms with van der Waals surface area (Å²) >= 11 is 0. The third-order valence-corrected chi connectivity index (χ3v) is 10.9. The number of pyridine rings is 2. The van der Waals surface area contributed by atoms with Gasteiger partial charge in [0.1, 0.15) is 0 Å². The summed E-state index contributed by atoms with van der Waals surface area (Å²) in [4.78, 5) is 30.7. The van der Waals surface area contributed by atoms with Gasteiger partial charge in [0.05, 0.1) is 11.0 Å². The molecule has 3 aromatic carbocycles. The van der Waals surface area contributed by atoms with Crippen molar-refractivity contribution in [2.75, 3.05) is 0 Å². The molecule has 5 rings (SSSR count). The summed E-state index contributed by atoms with van der Waals surface area (Å²) in [5, 5.41) is -5.18. The van der Waals surface area contributed by atoms with Crippen molar-refractivity contribution in [3.63, 3.8) is 0 Å². The number of fused-ring (bicyclic) bond motifs is 4. The molecular formula is C36H10F34N2O2. The van der Waals surface area contributed by atoms with Crippen molar-refractivity contribution in [3.8, 4) is 0 Å². The Hall–Kier alpha value is -5.78. The number of rotatable bonds is 14. The molecule has 4 nitrogen and oxygen atoms in total. The number of halogens is 34. The Morgan fingerprint density at radius 3 is 0.676 bits per heavy atom. The minimum Gasteiger partial charge on any atom is -0.354 e. The van der Waals surface area contributed by atoms with E-state index in [2.05, 4.69) is 0 Å². The largest absolute Gasteiger partial charge is 0.460 e. The Morgan fingerprint density at radius 1 is 0.243 bits per heavy atom. The number of nitrogens with one attached hydrogen (secondary N) is 2. The van der Waals surface area contributed by atoms with Gasteiger partial charge in [-0.1, -0.05) is 12.1 Å². The summed E-state index contributed by atoms with van der Waals surface area (Å²) in [7, 11) is 0. The zero-order chi connectivity index (χ0) is 58.0. The maximum absolute atomic E-state index is 15.1. The van der Waals surface area contributed by atoms with Crippen LogP contribution < -0.4 is 10.9 Å². The van der Waals surface area contributed by atoms with Gasteiger partial charge in [-0.05, 0) is 36.4 Å². The molecule has 0 saturated carbocycles. The van der Waals surface area contributed by atoms with E-state index in [1.807, 2.05) is 9.97 Å². The van der Waals surface area contributed by atoms with Crippen molar-refractivity contribution in [1.29, 1.82) is 0 Å². The van der Waals surface area contributed by atoms with Gasteiger partial charge >= 0.3 is 95.3 Å². The van der Waals surface area contributed by atoms with Crippen LogP contribution >= 0.6 is 0 Å². The average Bonchev–Trinajstić information content (AvgIpc) is 3.24. The summed E-state index contributed by atoms with van der Waals surface area (Å²) in [6.45, 7) is 0. The van der Waals surface area contributed by atoms with Crippen LogP contribution in [0.4, 0.5) is 149 Å². The molecule has 0 atom stereocenters. The number of aromatic amines is 2. The average molecular weight is 1150 g/mol. The molecule has 0 unspecified atom stereocenters. The van der Waals surface area contributed by atoms with E-state index in [-0.39, 0.29) is 12.1 Å². The van der Waals surface area contributed by atoms with Crippen LogP contribution in [0.2, 0.25) is 0 Å². The van der Waals surface area contributed by atoms with Crippen LogP contribution in [0, 0.1) is 0 Å². The van der Waals surface area contributed by atoms with Crippen LogP contribution in [0.3, 0.4) is 0 Å². The van der Waals surface area contributed by atoms with Gasteiger partial charge in [0.15, 0.2) is 10.9 Å². The Morgan fingerprint density at radius 2 is 0.446 bits per heavy atom. The molecule has 2 aromatic heterocycles. The summed E-state index contributed by atoms with van der Waals surface area (Å²) in [5.74, 6) is -119. The van der Waals surface area contributed by atoms with Crippen molar-refractivity contribution in [3.05, 3.63) is 80.1 Å². The second-order valence-corrected chi connectivity index (χ2v) is 15.4. The van der Waals surface area contributed by atoms with Gasteiger partial charge in [0.2, 0.25) is 0 Å². The van der Waals surface area contributed by atoms with Crippen molar-refractivity contribution in [2.24, 2.45) is 0 Å². The molecule has 2 N–H and O–H groups in total. The molecule has 0 spiro atoms. The van der Waals surface area contributed by atoms with Gasteiger partial charge in [-0.3, -0.25) is 9.59 Å². The second-order valence-electron chi connectivity index (χ2n) is 15.4. The fourth-order valence-electron chi connectivity index (χ4n) is 6.53. The third-order valence-electron chi connectivity index (χ3n) is 10.9. The SMILES string of the molecule is O=c1c2cc(C(F)(F)C(F)(F)C(F)(F)C(F)(F)C(F)(F)C(F)(F)C(F)(F)C(F)(F)F)ccc2[nH]c2cc3c(=O)c4cc(C(F)(F)C(F)(F)C(F)(F)C(F)(F)C(F)(F)C(F)(F)C(F)(F)C(F)(F)F)ccc4[nH]c3cc12. The first kappa shape index (κ1) is 59.1. The molecule has 414 valence electrons. The molecule has 0 aliphatic rings. The molecule has 0 fully saturated rings. The summed E-state index contributed by atoms with van der Waals surface area (Å²) in [6.07, 6.45) is -16.1. The van der Waals surface area contributed by atoms with E-state index in [9.17, 15) is 141 Å². The van der Waals surface area contributed by atoms with E-state index >= 15 is 17.6 Å². The van der Waals surface area contributed by atoms with Crippen LogP contribution in [-0.4, -0.2) is 93.4 Å². The summed E-state index contributed by atoms with van der Waals surface area (Å²) in [6, 6.07) is -1.99. The zero-order valence-electron chi connectivity index (χ0n) is 33.3. The number of alkyl halides is 34. The molecule has 0 aliphatic heterocycles. The van der Waals surface area contributed by atoms with Crippen LogP contribution in [0.15, 0.2) is 58.1 Å². The molecule has 5 aromatic rings. The van der Waals surface area contributed by atoms with Gasteiger partial charge in [-0.2, -0.15) is 149 Å². The standard InChI is InChI=1S/C36H10F34N2O2/c37-21(38,23(41,42)25(45,46)27(49,50)29(53,54)31(57,58)33(61,62)35(65,66)67)9-1-3-15-11(5-9)19(73)13-8-18-14(7-17(13)71-15)20(74)12-6-10(2-4-16(12)72-18)22(39,40)24(43,44)26(47,48)28(51,52)30(55,56)32(59,60)34(63,64)36(68,69)70/h1-8H,(H,71,73)(H,72,74). The molecule has 0 aliphatic carbocycles.